The van der Waals surface area contributed by atoms with Crippen molar-refractivity contribution in [3.63, 3.8) is 0 Å². The Bertz CT molecular complexity index is 2300. The maximum Gasteiger partial charge on any atom is 0.412 e. The van der Waals surface area contributed by atoms with Crippen molar-refractivity contribution >= 4 is 59.2 Å². The summed E-state index contributed by atoms with van der Waals surface area (Å²) in [6.07, 6.45) is -1.60. The minimum Gasteiger partial charge on any atom is -0.495 e. The minimum atomic E-state index is -1.31. The lowest BCUT2D eigenvalue weighted by Gasteiger charge is -2.29. The number of ether oxygens (including phenoxy) is 9. The van der Waals surface area contributed by atoms with Gasteiger partial charge in [-0.05, 0) is 55.5 Å². The molecule has 2 N–H and O–H groups in total. The highest BCUT2D eigenvalue weighted by atomic mass is 35.5. The van der Waals surface area contributed by atoms with Gasteiger partial charge in [0.2, 0.25) is 11.8 Å². The van der Waals surface area contributed by atoms with Gasteiger partial charge < -0.3 is 58.1 Å². The Morgan fingerprint density at radius 3 is 2.12 bits per heavy atom. The van der Waals surface area contributed by atoms with Gasteiger partial charge in [-0.15, -0.1) is 5.06 Å². The van der Waals surface area contributed by atoms with E-state index >= 15 is 0 Å². The van der Waals surface area contributed by atoms with Crippen LogP contribution in [-0.4, -0.2) is 161 Å². The summed E-state index contributed by atoms with van der Waals surface area (Å²) in [6, 6.07) is 13.1. The number of nitrogens with one attached hydrogen (secondary N) is 2. The van der Waals surface area contributed by atoms with Crippen LogP contribution in [0.15, 0.2) is 60.7 Å². The number of rotatable bonds is 26. The van der Waals surface area contributed by atoms with Crippen LogP contribution in [0, 0.1) is 17.3 Å². The summed E-state index contributed by atoms with van der Waals surface area (Å²) in [6.45, 7) is 9.95. The number of halogens is 1. The zero-order valence-corrected chi connectivity index (χ0v) is 44.7. The lowest BCUT2D eigenvalue weighted by molar-refractivity contribution is -0.198. The van der Waals surface area contributed by atoms with Gasteiger partial charge in [-0.3, -0.25) is 28.9 Å². The molecule has 0 radical (unpaired) electrons. The smallest absolute Gasteiger partial charge is 0.412 e. The summed E-state index contributed by atoms with van der Waals surface area (Å²) >= 11 is 6.38. The third-order valence-corrected chi connectivity index (χ3v) is 12.5. The van der Waals surface area contributed by atoms with Crippen LogP contribution in [0.3, 0.4) is 0 Å². The Morgan fingerprint density at radius 1 is 0.842 bits per heavy atom. The van der Waals surface area contributed by atoms with Crippen molar-refractivity contribution in [1.29, 1.82) is 0 Å². The second-order valence-corrected chi connectivity index (χ2v) is 19.7. The lowest BCUT2D eigenvalue weighted by atomic mass is 9.93. The number of epoxide rings is 1. The summed E-state index contributed by atoms with van der Waals surface area (Å²) < 4.78 is 51.4. The van der Waals surface area contributed by atoms with E-state index in [9.17, 15) is 38.4 Å². The molecular formula is C53H71ClN4O18. The lowest BCUT2D eigenvalue weighted by Crippen LogP contribution is -2.51. The molecule has 6 atom stereocenters. The van der Waals surface area contributed by atoms with Gasteiger partial charge in [0.05, 0.1) is 83.4 Å². The van der Waals surface area contributed by atoms with E-state index in [4.69, 9.17) is 59.1 Å². The first-order valence-electron chi connectivity index (χ1n) is 25.4. The fourth-order valence-electron chi connectivity index (χ4n) is 7.79. The highest BCUT2D eigenvalue weighted by Crippen LogP contribution is 2.37. The van der Waals surface area contributed by atoms with Crippen LogP contribution in [0.4, 0.5) is 4.79 Å². The van der Waals surface area contributed by atoms with Crippen LogP contribution in [0.2, 0.25) is 5.02 Å². The number of carbonyl (C=O) groups excluding carboxylic acids is 8. The van der Waals surface area contributed by atoms with Gasteiger partial charge in [0.1, 0.15) is 30.6 Å². The van der Waals surface area contributed by atoms with Gasteiger partial charge in [-0.1, -0.05) is 74.8 Å². The number of imide groups is 1. The summed E-state index contributed by atoms with van der Waals surface area (Å²) in [5, 5.41) is 6.31. The Labute approximate surface area is 447 Å². The molecule has 2 saturated heterocycles. The first-order chi connectivity index (χ1) is 36.4. The first kappa shape index (κ1) is 60.7. The average molecular weight is 1090 g/mol. The molecule has 23 heteroatoms. The maximum absolute atomic E-state index is 14.0. The van der Waals surface area contributed by atoms with Gasteiger partial charge in [-0.25, -0.2) is 14.4 Å². The zero-order chi connectivity index (χ0) is 55.2. The number of amides is 5. The topological polar surface area (TPSA) is 263 Å². The van der Waals surface area contributed by atoms with E-state index in [0.29, 0.717) is 21.4 Å². The van der Waals surface area contributed by atoms with Gasteiger partial charge in [0, 0.05) is 38.1 Å². The van der Waals surface area contributed by atoms with Crippen molar-refractivity contribution < 1.29 is 85.8 Å². The minimum absolute atomic E-state index is 0.00119. The highest BCUT2D eigenvalue weighted by molar-refractivity contribution is 6.32. The number of hydroxylamine groups is 2. The number of hydrogen-bond acceptors (Lipinski definition) is 18. The molecular weight excluding hydrogens is 1020 g/mol. The Balaban J connectivity index is 1.17. The molecule has 2 aromatic rings. The zero-order valence-electron chi connectivity index (χ0n) is 44.0. The predicted octanol–water partition coefficient (Wildman–Crippen LogP) is 4.41. The molecule has 418 valence electrons. The van der Waals surface area contributed by atoms with Crippen molar-refractivity contribution in [3.8, 4) is 5.75 Å². The number of methoxy groups -OCH3 is 1. The second-order valence-electron chi connectivity index (χ2n) is 19.3. The fourth-order valence-corrected chi connectivity index (χ4v) is 8.07. The Kier molecular flexibility index (Phi) is 24.4. The van der Waals surface area contributed by atoms with Crippen LogP contribution in [0.25, 0.3) is 0 Å². The molecule has 5 amide bonds. The number of carbonyl (C=O) groups is 8. The van der Waals surface area contributed by atoms with Crippen molar-refractivity contribution in [3.05, 3.63) is 76.8 Å². The van der Waals surface area contributed by atoms with E-state index < -0.39 is 89.5 Å². The summed E-state index contributed by atoms with van der Waals surface area (Å²) in [7, 11) is 1.48. The molecule has 2 fully saturated rings. The highest BCUT2D eigenvalue weighted by Gasteiger charge is 2.52. The Morgan fingerprint density at radius 2 is 1.49 bits per heavy atom. The largest absolute Gasteiger partial charge is 0.495 e. The van der Waals surface area contributed by atoms with Gasteiger partial charge in [-0.2, -0.15) is 0 Å². The third-order valence-electron chi connectivity index (χ3n) is 12.2. The van der Waals surface area contributed by atoms with Crippen molar-refractivity contribution in [2.75, 3.05) is 73.1 Å². The molecule has 22 nitrogen and oxygen atoms in total. The molecule has 76 heavy (non-hydrogen) atoms. The van der Waals surface area contributed by atoms with E-state index in [2.05, 4.69) is 10.6 Å². The van der Waals surface area contributed by atoms with E-state index in [-0.39, 0.29) is 117 Å². The Hall–Kier alpha value is -6.17. The van der Waals surface area contributed by atoms with Crippen LogP contribution in [0.5, 0.6) is 5.75 Å². The van der Waals surface area contributed by atoms with E-state index in [0.717, 1.165) is 5.56 Å². The van der Waals surface area contributed by atoms with Crippen molar-refractivity contribution in [2.24, 2.45) is 17.3 Å². The SMILES string of the molecule is COc1ccc(C[C@H]2NC(=O)/C=C/C[C@@H]([C@H](C)[C@@H]3O[C@@H]3N(CCOCCOCCOCCOCCC(=O)ON3C(=O)CCC3=O)C(=O)OCc3ccccc3)OC(=O)[C@H](CC(C)C)OC(=O)C(C)(C)CNC2=O)cc1Cl. The molecule has 0 bridgehead atoms. The van der Waals surface area contributed by atoms with Crippen LogP contribution in [0.1, 0.15) is 77.8 Å². The van der Waals surface area contributed by atoms with Crippen molar-refractivity contribution in [1.82, 2.24) is 20.6 Å². The number of esters is 2. The quantitative estimate of drug-likeness (QED) is 0.0434. The van der Waals surface area contributed by atoms with Crippen LogP contribution in [-0.2, 0) is 89.3 Å². The van der Waals surface area contributed by atoms with Crippen LogP contribution >= 0.6 is 11.6 Å². The summed E-state index contributed by atoms with van der Waals surface area (Å²) in [4.78, 5) is 110. The fraction of sp³-hybridized carbons (Fsp3) is 0.585. The van der Waals surface area contributed by atoms with Gasteiger partial charge in [0.25, 0.3) is 11.8 Å². The van der Waals surface area contributed by atoms with Crippen LogP contribution < -0.4 is 15.4 Å². The molecule has 2 aromatic carbocycles. The molecule has 3 aliphatic rings. The van der Waals surface area contributed by atoms with Gasteiger partial charge in [0.15, 0.2) is 12.3 Å². The number of hydrogen-bond donors (Lipinski definition) is 2. The van der Waals surface area contributed by atoms with E-state index in [1.165, 1.54) is 24.2 Å². The summed E-state index contributed by atoms with van der Waals surface area (Å²) in [5.41, 5.74) is 0.0919. The molecule has 0 unspecified atom stereocenters. The maximum atomic E-state index is 14.0. The molecule has 3 heterocycles. The normalized spacial score (nSPS) is 22.0. The molecule has 0 aromatic heterocycles. The standard InChI is InChI=1S/C53H71ClN4O18/c1-34(2)29-42-50(64)73-40(13-10-14-43(59)56-39(31-37-15-16-41(67-6)38(54)30-37)48(63)55-33-53(4,5)51(65)74-42)35(3)47-49(75-47)57(52(66)72-32-36-11-8-7-9-12-36)20-22-69-24-26-71-28-27-70-25-23-68-21-19-46(62)76-58-44(60)17-18-45(58)61/h7-12,14-16,30,34-35,39-40,42,47,49H,13,17-29,31-33H2,1-6H3,(H,55,63)(H,56,59)/b14-10+/t35-,39+,40-,42-,47-,49-/m0/s1. The van der Waals surface area contributed by atoms with Crippen molar-refractivity contribution in [2.45, 2.75) is 110 Å². The van der Waals surface area contributed by atoms with E-state index in [1.807, 2.05) is 44.2 Å². The predicted molar refractivity (Wildman–Crippen MR) is 270 cm³/mol. The molecule has 3 aliphatic heterocycles. The van der Waals surface area contributed by atoms with Gasteiger partial charge >= 0.3 is 24.0 Å². The number of benzene rings is 2. The first-order valence-corrected chi connectivity index (χ1v) is 25.7. The molecule has 5 rings (SSSR count). The monoisotopic (exact) mass is 1090 g/mol. The summed E-state index contributed by atoms with van der Waals surface area (Å²) in [5.74, 6) is -4.84. The molecule has 0 aliphatic carbocycles. The number of cyclic esters (lactones) is 2. The van der Waals surface area contributed by atoms with E-state index in [1.54, 1.807) is 39.0 Å². The third kappa shape index (κ3) is 19.8. The molecule has 0 spiro atoms. The average Bonchev–Trinajstić information content (AvgIpc) is 4.12. The molecule has 0 saturated carbocycles. The number of nitrogens with zero attached hydrogens (tertiary/aromatic N) is 2. The second kappa shape index (κ2) is 30.5.